The zero-order valence-corrected chi connectivity index (χ0v) is 33.1. The van der Waals surface area contributed by atoms with Gasteiger partial charge in [0.2, 0.25) is 0 Å². The average molecular weight is 593 g/mol. The molecule has 256 valence electrons. The standard InChI is InChI=1S/2C21H44/c2*1-9-13-16-19(5,6)21(8,18-15-11-3)20(7,12-4)17-14-10-2/h2*9-18H2,1-8H3. The molecular weight excluding hydrogens is 504 g/mol. The fraction of sp³-hybridized carbons (Fsp3) is 1.00. The molecule has 0 aromatic heterocycles. The van der Waals surface area contributed by atoms with Crippen molar-refractivity contribution in [2.45, 2.75) is 239 Å². The summed E-state index contributed by atoms with van der Waals surface area (Å²) in [5.74, 6) is 0. The van der Waals surface area contributed by atoms with Crippen LogP contribution < -0.4 is 0 Å². The quantitative estimate of drug-likeness (QED) is 0.105. The van der Waals surface area contributed by atoms with Gasteiger partial charge in [0.15, 0.2) is 0 Å². The Kier molecular flexibility index (Phi) is 22.0. The van der Waals surface area contributed by atoms with Crippen molar-refractivity contribution in [3.8, 4) is 0 Å². The van der Waals surface area contributed by atoms with Crippen LogP contribution in [0.25, 0.3) is 0 Å². The zero-order chi connectivity index (χ0) is 33.1. The molecule has 0 aromatic carbocycles. The van der Waals surface area contributed by atoms with Crippen molar-refractivity contribution in [1.29, 1.82) is 0 Å². The first-order chi connectivity index (χ1) is 19.5. The Bertz CT molecular complexity index is 586. The lowest BCUT2D eigenvalue weighted by molar-refractivity contribution is -0.0710. The highest BCUT2D eigenvalue weighted by atomic mass is 14.6. The minimum Gasteiger partial charge on any atom is -0.0654 e. The first-order valence-corrected chi connectivity index (χ1v) is 19.5. The second kappa shape index (κ2) is 20.9. The van der Waals surface area contributed by atoms with E-state index in [9.17, 15) is 0 Å². The van der Waals surface area contributed by atoms with Crippen LogP contribution in [0.3, 0.4) is 0 Å². The monoisotopic (exact) mass is 593 g/mol. The molecule has 0 aliphatic rings. The summed E-state index contributed by atoms with van der Waals surface area (Å²) in [4.78, 5) is 0. The summed E-state index contributed by atoms with van der Waals surface area (Å²) in [5.41, 5.74) is 2.75. The highest BCUT2D eigenvalue weighted by Crippen LogP contribution is 2.61. The lowest BCUT2D eigenvalue weighted by Gasteiger charge is -2.57. The van der Waals surface area contributed by atoms with E-state index in [0.29, 0.717) is 32.5 Å². The molecule has 0 heterocycles. The van der Waals surface area contributed by atoms with Gasteiger partial charge in [0.25, 0.3) is 0 Å². The highest BCUT2D eigenvalue weighted by molar-refractivity contribution is 5.01. The van der Waals surface area contributed by atoms with Crippen LogP contribution in [0.1, 0.15) is 239 Å². The van der Waals surface area contributed by atoms with Crippen LogP contribution in [-0.2, 0) is 0 Å². The Morgan fingerprint density at radius 3 is 0.714 bits per heavy atom. The molecule has 0 amide bonds. The smallest absolute Gasteiger partial charge is 0.0221 e. The third kappa shape index (κ3) is 11.7. The van der Waals surface area contributed by atoms with Crippen molar-refractivity contribution in [2.75, 3.05) is 0 Å². The van der Waals surface area contributed by atoms with Crippen LogP contribution in [0.15, 0.2) is 0 Å². The summed E-state index contributed by atoms with van der Waals surface area (Å²) >= 11 is 0. The minimum atomic E-state index is 0.441. The van der Waals surface area contributed by atoms with E-state index in [-0.39, 0.29) is 0 Å². The fourth-order valence-corrected chi connectivity index (χ4v) is 8.58. The molecular formula is C42H88. The third-order valence-electron chi connectivity index (χ3n) is 13.7. The van der Waals surface area contributed by atoms with Gasteiger partial charge in [-0.3, -0.25) is 0 Å². The van der Waals surface area contributed by atoms with Crippen LogP contribution in [-0.4, -0.2) is 0 Å². The van der Waals surface area contributed by atoms with Crippen molar-refractivity contribution in [3.05, 3.63) is 0 Å². The van der Waals surface area contributed by atoms with Gasteiger partial charge in [-0.25, -0.2) is 0 Å². The summed E-state index contributed by atoms with van der Waals surface area (Å²) in [7, 11) is 0. The molecule has 4 unspecified atom stereocenters. The Labute approximate surface area is 271 Å². The lowest BCUT2D eigenvalue weighted by Crippen LogP contribution is -2.48. The van der Waals surface area contributed by atoms with E-state index in [1.54, 1.807) is 0 Å². The van der Waals surface area contributed by atoms with E-state index in [4.69, 9.17) is 0 Å². The van der Waals surface area contributed by atoms with Crippen LogP contribution in [0, 0.1) is 32.5 Å². The predicted molar refractivity (Wildman–Crippen MR) is 198 cm³/mol. The Morgan fingerprint density at radius 2 is 0.500 bits per heavy atom. The molecule has 0 aromatic rings. The lowest BCUT2D eigenvalue weighted by atomic mass is 9.48. The summed E-state index contributed by atoms with van der Waals surface area (Å²) in [6.45, 7) is 39.5. The van der Waals surface area contributed by atoms with Gasteiger partial charge < -0.3 is 0 Å². The van der Waals surface area contributed by atoms with E-state index in [1.165, 1.54) is 128 Å². The van der Waals surface area contributed by atoms with Crippen LogP contribution >= 0.6 is 0 Å². The van der Waals surface area contributed by atoms with Gasteiger partial charge in [-0.05, 0) is 71.0 Å². The summed E-state index contributed by atoms with van der Waals surface area (Å²) in [5, 5.41) is 0. The second-order valence-corrected chi connectivity index (χ2v) is 16.9. The molecule has 0 nitrogen and oxygen atoms in total. The van der Waals surface area contributed by atoms with E-state index in [0.717, 1.165) is 0 Å². The first-order valence-electron chi connectivity index (χ1n) is 19.5. The number of unbranched alkanes of at least 4 members (excludes halogenated alkanes) is 6. The predicted octanol–water partition coefficient (Wildman–Crippen LogP) is 16.0. The van der Waals surface area contributed by atoms with Crippen LogP contribution in [0.2, 0.25) is 0 Å². The Balaban J connectivity index is 0. The van der Waals surface area contributed by atoms with E-state index >= 15 is 0 Å². The maximum absolute atomic E-state index is 2.62. The maximum atomic E-state index is 2.62. The summed E-state index contributed by atoms with van der Waals surface area (Å²) < 4.78 is 0. The third-order valence-corrected chi connectivity index (χ3v) is 13.7. The molecule has 0 rings (SSSR count). The van der Waals surface area contributed by atoms with Crippen LogP contribution in [0.4, 0.5) is 0 Å². The van der Waals surface area contributed by atoms with Gasteiger partial charge in [0.1, 0.15) is 0 Å². The molecule has 0 radical (unpaired) electrons. The van der Waals surface area contributed by atoms with E-state index in [2.05, 4.69) is 111 Å². The second-order valence-electron chi connectivity index (χ2n) is 16.9. The maximum Gasteiger partial charge on any atom is -0.0221 e. The minimum absolute atomic E-state index is 0.441. The topological polar surface area (TPSA) is 0 Å². The molecule has 0 N–H and O–H groups in total. The fourth-order valence-electron chi connectivity index (χ4n) is 8.58. The van der Waals surface area contributed by atoms with Gasteiger partial charge >= 0.3 is 0 Å². The Hall–Kier alpha value is 0. The molecule has 0 aliphatic carbocycles. The number of rotatable bonds is 24. The van der Waals surface area contributed by atoms with E-state index in [1.807, 2.05) is 0 Å². The molecule has 0 saturated heterocycles. The van der Waals surface area contributed by atoms with Gasteiger partial charge in [0.05, 0.1) is 0 Å². The summed E-state index contributed by atoms with van der Waals surface area (Å²) in [6, 6.07) is 0. The molecule has 4 atom stereocenters. The molecule has 0 bridgehead atoms. The summed E-state index contributed by atoms with van der Waals surface area (Å²) in [6.07, 6.45) is 27.2. The average Bonchev–Trinajstić information content (AvgIpc) is 2.97. The normalized spacial score (nSPS) is 18.3. The van der Waals surface area contributed by atoms with E-state index < -0.39 is 0 Å². The van der Waals surface area contributed by atoms with Gasteiger partial charge in [-0.1, -0.05) is 201 Å². The van der Waals surface area contributed by atoms with Crippen molar-refractivity contribution in [1.82, 2.24) is 0 Å². The van der Waals surface area contributed by atoms with Crippen molar-refractivity contribution in [3.63, 3.8) is 0 Å². The molecule has 0 saturated carbocycles. The molecule has 0 heteroatoms. The van der Waals surface area contributed by atoms with Gasteiger partial charge in [0, 0.05) is 0 Å². The largest absolute Gasteiger partial charge is 0.0654 e. The van der Waals surface area contributed by atoms with Gasteiger partial charge in [-0.2, -0.15) is 0 Å². The highest BCUT2D eigenvalue weighted by Gasteiger charge is 2.52. The number of hydrogen-bond acceptors (Lipinski definition) is 0. The Morgan fingerprint density at radius 1 is 0.286 bits per heavy atom. The molecule has 0 spiro atoms. The molecule has 0 aliphatic heterocycles. The zero-order valence-electron chi connectivity index (χ0n) is 33.1. The van der Waals surface area contributed by atoms with Crippen molar-refractivity contribution in [2.24, 2.45) is 32.5 Å². The first kappa shape index (κ1) is 44.1. The van der Waals surface area contributed by atoms with Gasteiger partial charge in [-0.15, -0.1) is 0 Å². The van der Waals surface area contributed by atoms with Crippen molar-refractivity contribution < 1.29 is 0 Å². The van der Waals surface area contributed by atoms with Crippen molar-refractivity contribution >= 4 is 0 Å². The molecule has 42 heavy (non-hydrogen) atoms. The SMILES string of the molecule is CCCCC(C)(C)C(C)(CCCC)C(C)(CC)CCCC.CCCCC(C)(C)C(C)(CCCC)C(C)(CC)CCCC. The number of hydrogen-bond donors (Lipinski definition) is 0. The molecule has 0 fully saturated rings. The van der Waals surface area contributed by atoms with Crippen LogP contribution in [0.5, 0.6) is 0 Å².